The normalized spacial score (nSPS) is 35.0. The van der Waals surface area contributed by atoms with Crippen LogP contribution in [0.1, 0.15) is 6.04 Å². The van der Waals surface area contributed by atoms with Gasteiger partial charge in [0.25, 0.3) is 0 Å². The molecule has 1 aromatic heterocycles. The molecule has 2 aromatic rings. The number of nitrogens with two attached hydrogens (primary N) is 1. The molecule has 2 saturated heterocycles. The molecule has 21 heavy (non-hydrogen) atoms. The van der Waals surface area contributed by atoms with Gasteiger partial charge in [-0.25, -0.2) is 0 Å². The van der Waals surface area contributed by atoms with Crippen LogP contribution in [0, 0.1) is 0 Å². The first-order valence-corrected chi connectivity index (χ1v) is 7.04. The van der Waals surface area contributed by atoms with Gasteiger partial charge in [-0.05, 0) is 5.56 Å². The Labute approximate surface area is 122 Å². The fraction of sp³-hybridized carbons (Fsp3) is 0.400. The number of ether oxygens (including phenoxy) is 2. The van der Waals surface area contributed by atoms with E-state index >= 15 is 0 Å². The quantitative estimate of drug-likeness (QED) is 0.842. The molecule has 0 saturated carbocycles. The van der Waals surface area contributed by atoms with Crippen LogP contribution in [0.5, 0.6) is 0 Å². The standard InChI is InChI=1S/C15H17N3O3/c16-12-11-8-20-15(21-11)13(14(12)19)18-7-10(6-17-18)9-4-2-1-3-5-9/h1-7,11-15,19H,8,16H2. The fourth-order valence-electron chi connectivity index (χ4n) is 2.99. The SMILES string of the molecule is NC1C2COC(O2)C(n2cc(-c3ccccc3)cn2)C1O. The van der Waals surface area contributed by atoms with Crippen molar-refractivity contribution in [2.24, 2.45) is 5.73 Å². The lowest BCUT2D eigenvalue weighted by Crippen LogP contribution is -2.55. The van der Waals surface area contributed by atoms with Crippen molar-refractivity contribution in [2.75, 3.05) is 6.61 Å². The van der Waals surface area contributed by atoms with Crippen LogP contribution in [0.3, 0.4) is 0 Å². The van der Waals surface area contributed by atoms with E-state index in [0.717, 1.165) is 11.1 Å². The van der Waals surface area contributed by atoms with Crippen molar-refractivity contribution in [3.8, 4) is 11.1 Å². The van der Waals surface area contributed by atoms with Crippen molar-refractivity contribution in [2.45, 2.75) is 30.6 Å². The molecule has 110 valence electrons. The molecule has 1 aromatic carbocycles. The first-order chi connectivity index (χ1) is 10.2. The Morgan fingerprint density at radius 1 is 1.24 bits per heavy atom. The molecule has 2 aliphatic rings. The number of rotatable bonds is 2. The van der Waals surface area contributed by atoms with Gasteiger partial charge >= 0.3 is 0 Å². The second-order valence-electron chi connectivity index (χ2n) is 5.51. The number of fused-ring (bicyclic) bond motifs is 2. The van der Waals surface area contributed by atoms with Crippen LogP contribution in [0.25, 0.3) is 11.1 Å². The van der Waals surface area contributed by atoms with Gasteiger partial charge in [-0.3, -0.25) is 4.68 Å². The predicted molar refractivity (Wildman–Crippen MR) is 75.3 cm³/mol. The molecule has 0 amide bonds. The number of hydrogen-bond donors (Lipinski definition) is 2. The van der Waals surface area contributed by atoms with Crippen molar-refractivity contribution >= 4 is 0 Å². The van der Waals surface area contributed by atoms with E-state index in [1.165, 1.54) is 0 Å². The van der Waals surface area contributed by atoms with E-state index in [1.807, 2.05) is 36.5 Å². The summed E-state index contributed by atoms with van der Waals surface area (Å²) in [7, 11) is 0. The Morgan fingerprint density at radius 2 is 2.05 bits per heavy atom. The van der Waals surface area contributed by atoms with Gasteiger partial charge in [-0.15, -0.1) is 0 Å². The minimum Gasteiger partial charge on any atom is -0.389 e. The summed E-state index contributed by atoms with van der Waals surface area (Å²) in [5.74, 6) is 0. The molecular formula is C15H17N3O3. The van der Waals surface area contributed by atoms with Crippen molar-refractivity contribution in [3.63, 3.8) is 0 Å². The van der Waals surface area contributed by atoms with E-state index in [-0.39, 0.29) is 6.10 Å². The second-order valence-corrected chi connectivity index (χ2v) is 5.51. The number of nitrogens with zero attached hydrogens (tertiary/aromatic N) is 2. The molecule has 0 radical (unpaired) electrons. The van der Waals surface area contributed by atoms with Crippen LogP contribution < -0.4 is 5.73 Å². The molecule has 6 heteroatoms. The van der Waals surface area contributed by atoms with Crippen molar-refractivity contribution < 1.29 is 14.6 Å². The highest BCUT2D eigenvalue weighted by Crippen LogP contribution is 2.35. The monoisotopic (exact) mass is 287 g/mol. The lowest BCUT2D eigenvalue weighted by molar-refractivity contribution is -0.163. The lowest BCUT2D eigenvalue weighted by atomic mass is 9.97. The van der Waals surface area contributed by atoms with E-state index in [2.05, 4.69) is 5.10 Å². The molecule has 4 rings (SSSR count). The topological polar surface area (TPSA) is 82.5 Å². The van der Waals surface area contributed by atoms with Crippen LogP contribution in [0.15, 0.2) is 42.7 Å². The number of aliphatic hydroxyl groups excluding tert-OH is 1. The van der Waals surface area contributed by atoms with Crippen LogP contribution in [-0.2, 0) is 9.47 Å². The number of hydrogen-bond acceptors (Lipinski definition) is 5. The molecule has 6 nitrogen and oxygen atoms in total. The average Bonchev–Trinajstić information content (AvgIpc) is 3.15. The molecule has 5 unspecified atom stereocenters. The zero-order valence-electron chi connectivity index (χ0n) is 11.4. The first kappa shape index (κ1) is 13.0. The summed E-state index contributed by atoms with van der Waals surface area (Å²) in [6.45, 7) is 0.423. The Bertz CT molecular complexity index is 630. The van der Waals surface area contributed by atoms with Crippen molar-refractivity contribution in [1.82, 2.24) is 9.78 Å². The summed E-state index contributed by atoms with van der Waals surface area (Å²) < 4.78 is 13.0. The van der Waals surface area contributed by atoms with Crippen LogP contribution in [0.4, 0.5) is 0 Å². The molecule has 3 heterocycles. The second kappa shape index (κ2) is 4.92. The lowest BCUT2D eigenvalue weighted by Gasteiger charge is -2.36. The summed E-state index contributed by atoms with van der Waals surface area (Å²) in [5, 5.41) is 14.8. The summed E-state index contributed by atoms with van der Waals surface area (Å²) in [6.07, 6.45) is 2.20. The highest BCUT2D eigenvalue weighted by atomic mass is 16.7. The molecule has 2 aliphatic heterocycles. The summed E-state index contributed by atoms with van der Waals surface area (Å²) >= 11 is 0. The highest BCUT2D eigenvalue weighted by Gasteiger charge is 2.49. The van der Waals surface area contributed by atoms with E-state index in [9.17, 15) is 5.11 Å². The molecule has 0 spiro atoms. The Morgan fingerprint density at radius 3 is 2.86 bits per heavy atom. The molecular weight excluding hydrogens is 270 g/mol. The Kier molecular flexibility index (Phi) is 3.04. The summed E-state index contributed by atoms with van der Waals surface area (Å²) in [5.41, 5.74) is 8.07. The average molecular weight is 287 g/mol. The number of aromatic nitrogens is 2. The third kappa shape index (κ3) is 2.08. The van der Waals surface area contributed by atoms with E-state index < -0.39 is 24.5 Å². The van der Waals surface area contributed by atoms with Crippen LogP contribution in [0.2, 0.25) is 0 Å². The van der Waals surface area contributed by atoms with Gasteiger partial charge in [-0.1, -0.05) is 30.3 Å². The van der Waals surface area contributed by atoms with E-state index in [0.29, 0.717) is 6.61 Å². The highest BCUT2D eigenvalue weighted by molar-refractivity contribution is 5.61. The molecule has 2 fully saturated rings. The van der Waals surface area contributed by atoms with Gasteiger partial charge in [0.2, 0.25) is 0 Å². The van der Waals surface area contributed by atoms with Gasteiger partial charge in [0.1, 0.15) is 12.1 Å². The van der Waals surface area contributed by atoms with E-state index in [1.54, 1.807) is 10.9 Å². The maximum Gasteiger partial charge on any atom is 0.183 e. The molecule has 3 N–H and O–H groups in total. The minimum atomic E-state index is -0.736. The third-order valence-electron chi connectivity index (χ3n) is 4.20. The van der Waals surface area contributed by atoms with Crippen LogP contribution >= 0.6 is 0 Å². The zero-order chi connectivity index (χ0) is 14.4. The van der Waals surface area contributed by atoms with Crippen LogP contribution in [-0.4, -0.2) is 46.0 Å². The number of benzene rings is 1. The third-order valence-corrected chi connectivity index (χ3v) is 4.20. The van der Waals surface area contributed by atoms with Gasteiger partial charge in [-0.2, -0.15) is 5.10 Å². The smallest absolute Gasteiger partial charge is 0.183 e. The largest absolute Gasteiger partial charge is 0.389 e. The van der Waals surface area contributed by atoms with Gasteiger partial charge in [0.15, 0.2) is 6.29 Å². The predicted octanol–water partition coefficient (Wildman–Crippen LogP) is 0.534. The van der Waals surface area contributed by atoms with Crippen molar-refractivity contribution in [1.29, 1.82) is 0 Å². The molecule has 2 bridgehead atoms. The maximum absolute atomic E-state index is 10.4. The van der Waals surface area contributed by atoms with Gasteiger partial charge in [0.05, 0.1) is 24.9 Å². The van der Waals surface area contributed by atoms with Crippen molar-refractivity contribution in [3.05, 3.63) is 42.7 Å². The number of aliphatic hydroxyl groups is 1. The summed E-state index contributed by atoms with van der Waals surface area (Å²) in [6, 6.07) is 9.08. The molecule has 5 atom stereocenters. The minimum absolute atomic E-state index is 0.231. The van der Waals surface area contributed by atoms with Gasteiger partial charge in [0, 0.05) is 11.8 Å². The summed E-state index contributed by atoms with van der Waals surface area (Å²) in [4.78, 5) is 0. The first-order valence-electron chi connectivity index (χ1n) is 7.04. The fourth-order valence-corrected chi connectivity index (χ4v) is 2.99. The molecule has 0 aliphatic carbocycles. The Hall–Kier alpha value is -1.73. The zero-order valence-corrected chi connectivity index (χ0v) is 11.4. The Balaban J connectivity index is 1.66. The van der Waals surface area contributed by atoms with E-state index in [4.69, 9.17) is 15.2 Å². The van der Waals surface area contributed by atoms with Gasteiger partial charge < -0.3 is 20.3 Å². The maximum atomic E-state index is 10.4.